The Labute approximate surface area is 106 Å². The van der Waals surface area contributed by atoms with Crippen molar-refractivity contribution in [1.29, 1.82) is 0 Å². The van der Waals surface area contributed by atoms with Gasteiger partial charge in [-0.3, -0.25) is 10.1 Å². The first kappa shape index (κ1) is 14.7. The van der Waals surface area contributed by atoms with Crippen molar-refractivity contribution in [3.05, 3.63) is 27.4 Å². The summed E-state index contributed by atoms with van der Waals surface area (Å²) in [5.41, 5.74) is -2.38. The van der Waals surface area contributed by atoms with Crippen LogP contribution in [0.15, 0.2) is 6.07 Å². The van der Waals surface area contributed by atoms with Crippen molar-refractivity contribution in [2.75, 3.05) is 13.7 Å². The molecule has 0 fully saturated rings. The Kier molecular flexibility index (Phi) is 4.67. The number of hydrogen-bond acceptors (Lipinski definition) is 6. The molecule has 0 unspecified atom stereocenters. The second kappa shape index (κ2) is 6.03. The van der Waals surface area contributed by atoms with E-state index in [9.17, 15) is 23.7 Å². The van der Waals surface area contributed by atoms with E-state index in [1.165, 1.54) is 6.92 Å². The summed E-state index contributed by atoms with van der Waals surface area (Å²) in [4.78, 5) is 24.6. The average molecular weight is 276 g/mol. The van der Waals surface area contributed by atoms with E-state index in [-0.39, 0.29) is 6.61 Å². The van der Waals surface area contributed by atoms with E-state index in [0.717, 1.165) is 7.11 Å². The van der Waals surface area contributed by atoms with Gasteiger partial charge in [0.15, 0.2) is 5.69 Å². The SMILES string of the molecule is CCOC(=O)c1cc(C(F)F)c([N+](=O)[O-])c(OC)n1. The lowest BCUT2D eigenvalue weighted by Crippen LogP contribution is -2.11. The number of esters is 1. The maximum atomic E-state index is 12.8. The predicted octanol–water partition coefficient (Wildman–Crippen LogP) is 2.11. The maximum Gasteiger partial charge on any atom is 0.357 e. The number of alkyl halides is 2. The van der Waals surface area contributed by atoms with Crippen molar-refractivity contribution >= 4 is 11.7 Å². The van der Waals surface area contributed by atoms with Gasteiger partial charge in [-0.15, -0.1) is 0 Å². The van der Waals surface area contributed by atoms with E-state index >= 15 is 0 Å². The standard InChI is InChI=1S/C10H10F2N2O5/c1-3-19-10(15)6-4-5(8(11)12)7(14(16)17)9(13-6)18-2/h4,8H,3H2,1-2H3. The van der Waals surface area contributed by atoms with Gasteiger partial charge >= 0.3 is 11.7 Å². The van der Waals surface area contributed by atoms with Crippen LogP contribution in [0.1, 0.15) is 29.4 Å². The first-order valence-corrected chi connectivity index (χ1v) is 5.10. The Morgan fingerprint density at radius 1 is 1.58 bits per heavy atom. The summed E-state index contributed by atoms with van der Waals surface area (Å²) in [5, 5.41) is 10.7. The molecular formula is C10H10F2N2O5. The molecule has 7 nitrogen and oxygen atoms in total. The monoisotopic (exact) mass is 276 g/mol. The first-order valence-electron chi connectivity index (χ1n) is 5.10. The number of carbonyl (C=O) groups is 1. The van der Waals surface area contributed by atoms with Gasteiger partial charge in [0.05, 0.1) is 18.6 Å². The fourth-order valence-corrected chi connectivity index (χ4v) is 1.34. The molecule has 1 aromatic rings. The van der Waals surface area contributed by atoms with Crippen LogP contribution >= 0.6 is 0 Å². The average Bonchev–Trinajstić information content (AvgIpc) is 2.36. The lowest BCUT2D eigenvalue weighted by molar-refractivity contribution is -0.387. The van der Waals surface area contributed by atoms with Crippen LogP contribution < -0.4 is 4.74 Å². The summed E-state index contributed by atoms with van der Waals surface area (Å²) < 4.78 is 34.8. The molecule has 1 heterocycles. The number of rotatable bonds is 5. The highest BCUT2D eigenvalue weighted by Crippen LogP contribution is 2.35. The molecule has 0 bridgehead atoms. The number of halogens is 2. The number of ether oxygens (including phenoxy) is 2. The molecule has 9 heteroatoms. The zero-order valence-corrected chi connectivity index (χ0v) is 10.1. The molecule has 0 amide bonds. The third kappa shape index (κ3) is 3.12. The van der Waals surface area contributed by atoms with E-state index in [0.29, 0.717) is 6.07 Å². The van der Waals surface area contributed by atoms with Gasteiger partial charge in [-0.1, -0.05) is 0 Å². The fraction of sp³-hybridized carbons (Fsp3) is 0.400. The van der Waals surface area contributed by atoms with Crippen molar-refractivity contribution in [1.82, 2.24) is 4.98 Å². The molecule has 0 aliphatic rings. The van der Waals surface area contributed by atoms with Gasteiger partial charge in [0.25, 0.3) is 12.3 Å². The van der Waals surface area contributed by atoms with Gasteiger partial charge in [-0.25, -0.2) is 18.6 Å². The molecule has 1 aromatic heterocycles. The van der Waals surface area contributed by atoms with Crippen LogP contribution in [0.3, 0.4) is 0 Å². The molecule has 0 aliphatic heterocycles. The molecule has 0 saturated carbocycles. The fourth-order valence-electron chi connectivity index (χ4n) is 1.34. The molecular weight excluding hydrogens is 266 g/mol. The normalized spacial score (nSPS) is 10.4. The molecule has 0 spiro atoms. The second-order valence-corrected chi connectivity index (χ2v) is 3.23. The summed E-state index contributed by atoms with van der Waals surface area (Å²) in [6.07, 6.45) is -3.15. The van der Waals surface area contributed by atoms with Crippen LogP contribution in [0, 0.1) is 10.1 Å². The van der Waals surface area contributed by atoms with Gasteiger partial charge in [0, 0.05) is 0 Å². The summed E-state index contributed by atoms with van der Waals surface area (Å²) in [6, 6.07) is 0.628. The van der Waals surface area contributed by atoms with Crippen molar-refractivity contribution in [3.63, 3.8) is 0 Å². The number of nitrogens with zero attached hydrogens (tertiary/aromatic N) is 2. The number of hydrogen-bond donors (Lipinski definition) is 0. The molecule has 0 atom stereocenters. The van der Waals surface area contributed by atoms with Crippen LogP contribution in [0.2, 0.25) is 0 Å². The molecule has 0 N–H and O–H groups in total. The lowest BCUT2D eigenvalue weighted by Gasteiger charge is -2.08. The Bertz CT molecular complexity index is 507. The third-order valence-electron chi connectivity index (χ3n) is 2.09. The Hall–Kier alpha value is -2.32. The number of carbonyl (C=O) groups excluding carboxylic acids is 1. The first-order chi connectivity index (χ1) is 8.92. The number of methoxy groups -OCH3 is 1. The van der Waals surface area contributed by atoms with Crippen LogP contribution in [-0.2, 0) is 4.74 Å². The highest BCUT2D eigenvalue weighted by atomic mass is 19.3. The smallest absolute Gasteiger partial charge is 0.357 e. The molecule has 0 radical (unpaired) electrons. The number of pyridine rings is 1. The van der Waals surface area contributed by atoms with Crippen LogP contribution in [0.25, 0.3) is 0 Å². The van der Waals surface area contributed by atoms with E-state index < -0.39 is 40.1 Å². The minimum atomic E-state index is -3.15. The number of aromatic nitrogens is 1. The predicted molar refractivity (Wildman–Crippen MR) is 58.4 cm³/mol. The summed E-state index contributed by atoms with van der Waals surface area (Å²) >= 11 is 0. The highest BCUT2D eigenvalue weighted by molar-refractivity contribution is 5.88. The van der Waals surface area contributed by atoms with Crippen molar-refractivity contribution in [2.45, 2.75) is 13.3 Å². The Morgan fingerprint density at radius 2 is 2.21 bits per heavy atom. The van der Waals surface area contributed by atoms with Crippen molar-refractivity contribution in [3.8, 4) is 5.88 Å². The van der Waals surface area contributed by atoms with Gasteiger partial charge in [-0.05, 0) is 13.0 Å². The summed E-state index contributed by atoms with van der Waals surface area (Å²) in [7, 11) is 1.03. The number of nitro groups is 1. The second-order valence-electron chi connectivity index (χ2n) is 3.23. The lowest BCUT2D eigenvalue weighted by atomic mass is 10.2. The van der Waals surface area contributed by atoms with Crippen molar-refractivity contribution < 1.29 is 28.0 Å². The molecule has 1 rings (SSSR count). The van der Waals surface area contributed by atoms with Crippen LogP contribution in [0.5, 0.6) is 5.88 Å². The molecule has 104 valence electrons. The highest BCUT2D eigenvalue weighted by Gasteiger charge is 2.30. The zero-order valence-electron chi connectivity index (χ0n) is 10.1. The van der Waals surface area contributed by atoms with Gasteiger partial charge in [-0.2, -0.15) is 0 Å². The third-order valence-corrected chi connectivity index (χ3v) is 2.09. The van der Waals surface area contributed by atoms with Crippen LogP contribution in [0.4, 0.5) is 14.5 Å². The van der Waals surface area contributed by atoms with E-state index in [2.05, 4.69) is 14.5 Å². The van der Waals surface area contributed by atoms with Crippen LogP contribution in [-0.4, -0.2) is 29.6 Å². The molecule has 0 aromatic carbocycles. The maximum absolute atomic E-state index is 12.8. The Morgan fingerprint density at radius 3 is 2.63 bits per heavy atom. The van der Waals surface area contributed by atoms with Gasteiger partial charge in [0.1, 0.15) is 5.56 Å². The minimum absolute atomic E-state index is 0.0177. The largest absolute Gasteiger partial charge is 0.476 e. The Balaban J connectivity index is 3.44. The molecule has 19 heavy (non-hydrogen) atoms. The summed E-state index contributed by atoms with van der Waals surface area (Å²) in [6.45, 7) is 1.54. The van der Waals surface area contributed by atoms with Gasteiger partial charge in [0.2, 0.25) is 0 Å². The van der Waals surface area contributed by atoms with Crippen molar-refractivity contribution in [2.24, 2.45) is 0 Å². The zero-order chi connectivity index (χ0) is 14.6. The van der Waals surface area contributed by atoms with E-state index in [1.807, 2.05) is 0 Å². The topological polar surface area (TPSA) is 91.6 Å². The quantitative estimate of drug-likeness (QED) is 0.464. The summed E-state index contributed by atoms with van der Waals surface area (Å²) in [5.74, 6) is -1.62. The minimum Gasteiger partial charge on any atom is -0.476 e. The molecule has 0 aliphatic carbocycles. The van der Waals surface area contributed by atoms with E-state index in [4.69, 9.17) is 0 Å². The van der Waals surface area contributed by atoms with E-state index in [1.54, 1.807) is 0 Å². The molecule has 0 saturated heterocycles. The van der Waals surface area contributed by atoms with Gasteiger partial charge < -0.3 is 9.47 Å².